The smallest absolute Gasteiger partial charge is 0.253 e. The molecule has 0 aromatic carbocycles. The first-order chi connectivity index (χ1) is 9.13. The minimum atomic E-state index is -0.135. The number of anilines is 1. The molecule has 0 radical (unpaired) electrons. The zero-order chi connectivity index (χ0) is 14.1. The molecule has 0 aliphatic heterocycles. The highest BCUT2D eigenvalue weighted by Crippen LogP contribution is 2.08. The molecule has 0 saturated heterocycles. The average Bonchev–Trinajstić information content (AvgIpc) is 2.41. The number of nitrogens with one attached hydrogen (secondary N) is 2. The molecular formula is C14H22N4O. The zero-order valence-electron chi connectivity index (χ0n) is 11.6. The Hall–Kier alpha value is -1.88. The van der Waals surface area contributed by atoms with Crippen molar-refractivity contribution in [1.29, 1.82) is 0 Å². The average molecular weight is 262 g/mol. The van der Waals surface area contributed by atoms with Crippen molar-refractivity contribution in [2.45, 2.75) is 6.42 Å². The summed E-state index contributed by atoms with van der Waals surface area (Å²) >= 11 is 0. The maximum absolute atomic E-state index is 11.7. The fourth-order valence-electron chi connectivity index (χ4n) is 1.56. The first kappa shape index (κ1) is 15.2. The van der Waals surface area contributed by atoms with Gasteiger partial charge >= 0.3 is 0 Å². The lowest BCUT2D eigenvalue weighted by atomic mass is 10.2. The standard InChI is InChI=1S/C14H22N4O/c1-4-6-17-14(19)12-9-13(11-15-10-12)16-7-5-8-18(2)3/h4,9-11,16H,1,5-8H2,2-3H3,(H,17,19). The highest BCUT2D eigenvalue weighted by atomic mass is 16.1. The second-order valence-electron chi connectivity index (χ2n) is 4.54. The molecule has 1 amide bonds. The lowest BCUT2D eigenvalue weighted by Crippen LogP contribution is -2.23. The number of pyridine rings is 1. The molecule has 0 aliphatic rings. The van der Waals surface area contributed by atoms with Crippen molar-refractivity contribution in [2.24, 2.45) is 0 Å². The van der Waals surface area contributed by atoms with Gasteiger partial charge in [-0.15, -0.1) is 6.58 Å². The Morgan fingerprint density at radius 1 is 1.47 bits per heavy atom. The van der Waals surface area contributed by atoms with Gasteiger partial charge < -0.3 is 15.5 Å². The number of carbonyl (C=O) groups excluding carboxylic acids is 1. The Balaban J connectivity index is 2.47. The third-order valence-corrected chi connectivity index (χ3v) is 2.52. The number of nitrogens with zero attached hydrogens (tertiary/aromatic N) is 2. The minimum Gasteiger partial charge on any atom is -0.384 e. The molecule has 0 atom stereocenters. The highest BCUT2D eigenvalue weighted by molar-refractivity contribution is 5.94. The number of hydrogen-bond acceptors (Lipinski definition) is 4. The number of amides is 1. The van der Waals surface area contributed by atoms with E-state index >= 15 is 0 Å². The molecular weight excluding hydrogens is 240 g/mol. The summed E-state index contributed by atoms with van der Waals surface area (Å²) < 4.78 is 0. The molecule has 1 heterocycles. The summed E-state index contributed by atoms with van der Waals surface area (Å²) in [5, 5.41) is 5.99. The van der Waals surface area contributed by atoms with Crippen molar-refractivity contribution in [3.05, 3.63) is 36.7 Å². The first-order valence-electron chi connectivity index (χ1n) is 6.36. The molecule has 2 N–H and O–H groups in total. The fraction of sp³-hybridized carbons (Fsp3) is 0.429. The van der Waals surface area contributed by atoms with Gasteiger partial charge in [-0.2, -0.15) is 0 Å². The molecule has 0 aliphatic carbocycles. The van der Waals surface area contributed by atoms with Crippen molar-refractivity contribution >= 4 is 11.6 Å². The van der Waals surface area contributed by atoms with Crippen LogP contribution in [0.25, 0.3) is 0 Å². The maximum atomic E-state index is 11.7. The van der Waals surface area contributed by atoms with E-state index in [2.05, 4.69) is 27.1 Å². The van der Waals surface area contributed by atoms with E-state index in [4.69, 9.17) is 0 Å². The van der Waals surface area contributed by atoms with Crippen molar-refractivity contribution in [2.75, 3.05) is 39.0 Å². The van der Waals surface area contributed by atoms with E-state index in [-0.39, 0.29) is 5.91 Å². The third kappa shape index (κ3) is 6.01. The molecule has 104 valence electrons. The van der Waals surface area contributed by atoms with Gasteiger partial charge in [0.2, 0.25) is 0 Å². The first-order valence-corrected chi connectivity index (χ1v) is 6.36. The van der Waals surface area contributed by atoms with Crippen molar-refractivity contribution in [3.8, 4) is 0 Å². The Kier molecular flexibility index (Phi) is 6.60. The fourth-order valence-corrected chi connectivity index (χ4v) is 1.56. The molecule has 1 rings (SSSR count). The van der Waals surface area contributed by atoms with E-state index in [9.17, 15) is 4.79 Å². The zero-order valence-corrected chi connectivity index (χ0v) is 11.6. The molecule has 0 fully saturated rings. The molecule has 0 bridgehead atoms. The molecule has 19 heavy (non-hydrogen) atoms. The number of aromatic nitrogens is 1. The van der Waals surface area contributed by atoms with Crippen LogP contribution in [0.2, 0.25) is 0 Å². The molecule has 1 aromatic rings. The second kappa shape index (κ2) is 8.26. The Labute approximate surface area is 114 Å². The number of hydrogen-bond donors (Lipinski definition) is 2. The molecule has 5 nitrogen and oxygen atoms in total. The van der Waals surface area contributed by atoms with Crippen LogP contribution in [-0.2, 0) is 0 Å². The minimum absolute atomic E-state index is 0.135. The van der Waals surface area contributed by atoms with Gasteiger partial charge in [0.1, 0.15) is 0 Å². The van der Waals surface area contributed by atoms with Crippen LogP contribution in [0.1, 0.15) is 16.8 Å². The van der Waals surface area contributed by atoms with Gasteiger partial charge in [0.15, 0.2) is 0 Å². The number of rotatable bonds is 8. The van der Waals surface area contributed by atoms with E-state index < -0.39 is 0 Å². The van der Waals surface area contributed by atoms with Crippen molar-refractivity contribution in [1.82, 2.24) is 15.2 Å². The van der Waals surface area contributed by atoms with Gasteiger partial charge in [-0.3, -0.25) is 9.78 Å². The SMILES string of the molecule is C=CCNC(=O)c1cncc(NCCCN(C)C)c1. The van der Waals surface area contributed by atoms with Gasteiger partial charge in [0.25, 0.3) is 5.91 Å². The number of carbonyl (C=O) groups is 1. The molecule has 1 aromatic heterocycles. The summed E-state index contributed by atoms with van der Waals surface area (Å²) in [6.07, 6.45) is 5.97. The van der Waals surface area contributed by atoms with Crippen LogP contribution in [0.4, 0.5) is 5.69 Å². The van der Waals surface area contributed by atoms with E-state index in [0.717, 1.165) is 25.2 Å². The van der Waals surface area contributed by atoms with Gasteiger partial charge in [-0.1, -0.05) is 6.08 Å². The summed E-state index contributed by atoms with van der Waals surface area (Å²) in [7, 11) is 4.10. The van der Waals surface area contributed by atoms with Crippen LogP contribution < -0.4 is 10.6 Å². The van der Waals surface area contributed by atoms with Crippen molar-refractivity contribution in [3.63, 3.8) is 0 Å². The lowest BCUT2D eigenvalue weighted by molar-refractivity contribution is 0.0957. The Bertz CT molecular complexity index is 418. The van der Waals surface area contributed by atoms with Crippen molar-refractivity contribution < 1.29 is 4.79 Å². The van der Waals surface area contributed by atoms with Gasteiger partial charge in [0.05, 0.1) is 11.3 Å². The van der Waals surface area contributed by atoms with Crippen LogP contribution in [-0.4, -0.2) is 49.5 Å². The normalized spacial score (nSPS) is 10.3. The van der Waals surface area contributed by atoms with Crippen LogP contribution in [0, 0.1) is 0 Å². The van der Waals surface area contributed by atoms with Crippen LogP contribution >= 0.6 is 0 Å². The molecule has 0 spiro atoms. The maximum Gasteiger partial charge on any atom is 0.253 e. The topological polar surface area (TPSA) is 57.3 Å². The predicted octanol–water partition coefficient (Wildman–Crippen LogP) is 1.36. The predicted molar refractivity (Wildman–Crippen MR) is 78.4 cm³/mol. The lowest BCUT2D eigenvalue weighted by Gasteiger charge is -2.11. The van der Waals surface area contributed by atoms with E-state index in [0.29, 0.717) is 12.1 Å². The van der Waals surface area contributed by atoms with E-state index in [1.165, 1.54) is 0 Å². The summed E-state index contributed by atoms with van der Waals surface area (Å²) in [5.74, 6) is -0.135. The van der Waals surface area contributed by atoms with Crippen LogP contribution in [0.3, 0.4) is 0 Å². The molecule has 0 unspecified atom stereocenters. The largest absolute Gasteiger partial charge is 0.384 e. The third-order valence-electron chi connectivity index (χ3n) is 2.52. The summed E-state index contributed by atoms with van der Waals surface area (Å²) in [5.41, 5.74) is 1.42. The summed E-state index contributed by atoms with van der Waals surface area (Å²) in [6, 6.07) is 1.81. The summed E-state index contributed by atoms with van der Waals surface area (Å²) in [6.45, 7) is 5.91. The van der Waals surface area contributed by atoms with Gasteiger partial charge in [0, 0.05) is 25.5 Å². The van der Waals surface area contributed by atoms with E-state index in [1.54, 1.807) is 24.5 Å². The van der Waals surface area contributed by atoms with Gasteiger partial charge in [-0.25, -0.2) is 0 Å². The quantitative estimate of drug-likeness (QED) is 0.548. The monoisotopic (exact) mass is 262 g/mol. The highest BCUT2D eigenvalue weighted by Gasteiger charge is 2.05. The Morgan fingerprint density at radius 3 is 2.95 bits per heavy atom. The second-order valence-corrected chi connectivity index (χ2v) is 4.54. The Morgan fingerprint density at radius 2 is 2.26 bits per heavy atom. The van der Waals surface area contributed by atoms with Crippen LogP contribution in [0.5, 0.6) is 0 Å². The molecule has 0 saturated carbocycles. The molecule has 5 heteroatoms. The van der Waals surface area contributed by atoms with E-state index in [1.807, 2.05) is 14.1 Å². The summed E-state index contributed by atoms with van der Waals surface area (Å²) in [4.78, 5) is 17.9. The van der Waals surface area contributed by atoms with Crippen LogP contribution in [0.15, 0.2) is 31.1 Å². The van der Waals surface area contributed by atoms with Gasteiger partial charge in [-0.05, 0) is 33.1 Å².